The summed E-state index contributed by atoms with van der Waals surface area (Å²) < 4.78 is 18.1. The highest BCUT2D eigenvalue weighted by molar-refractivity contribution is 5.85. The first kappa shape index (κ1) is 18.3. The molecule has 0 fully saturated rings. The van der Waals surface area contributed by atoms with E-state index in [0.29, 0.717) is 5.75 Å². The summed E-state index contributed by atoms with van der Waals surface area (Å²) >= 11 is 0. The minimum Gasteiger partial charge on any atom is -0.504 e. The molecule has 1 N–H and O–H groups in total. The largest absolute Gasteiger partial charge is 0.504 e. The van der Waals surface area contributed by atoms with Crippen molar-refractivity contribution in [3.8, 4) is 11.5 Å². The molecule has 0 aromatic heterocycles. The first-order valence-electron chi connectivity index (χ1n) is 7.69. The van der Waals surface area contributed by atoms with Crippen LogP contribution in [0.3, 0.4) is 0 Å². The van der Waals surface area contributed by atoms with E-state index in [1.165, 1.54) is 17.7 Å². The van der Waals surface area contributed by atoms with Gasteiger partial charge in [-0.2, -0.15) is 0 Å². The molecule has 5 heteroatoms. The first-order chi connectivity index (χ1) is 11.2. The second-order valence-electron chi connectivity index (χ2n) is 5.73. The highest BCUT2D eigenvalue weighted by atomic mass is 35.5. The SMILES string of the molecule is COc1cc(CN2CC=C(c3ccc(F)cc3)CC2)ccc1O.Cl. The Labute approximate surface area is 147 Å². The molecule has 128 valence electrons. The molecule has 1 aliphatic heterocycles. The molecule has 1 aliphatic rings. The lowest BCUT2D eigenvalue weighted by molar-refractivity contribution is 0.292. The van der Waals surface area contributed by atoms with Crippen molar-refractivity contribution >= 4 is 18.0 Å². The van der Waals surface area contributed by atoms with E-state index in [1.54, 1.807) is 13.2 Å². The van der Waals surface area contributed by atoms with Gasteiger partial charge in [-0.1, -0.05) is 24.3 Å². The predicted molar refractivity (Wildman–Crippen MR) is 96.2 cm³/mol. The van der Waals surface area contributed by atoms with Gasteiger partial charge in [0.25, 0.3) is 0 Å². The molecule has 0 saturated heterocycles. The van der Waals surface area contributed by atoms with Crippen molar-refractivity contribution < 1.29 is 14.2 Å². The molecule has 3 rings (SSSR count). The van der Waals surface area contributed by atoms with E-state index in [9.17, 15) is 9.50 Å². The van der Waals surface area contributed by atoms with Crippen LogP contribution in [0, 0.1) is 5.82 Å². The van der Waals surface area contributed by atoms with E-state index in [2.05, 4.69) is 11.0 Å². The van der Waals surface area contributed by atoms with Crippen molar-refractivity contribution in [1.82, 2.24) is 4.90 Å². The highest BCUT2D eigenvalue weighted by Crippen LogP contribution is 2.28. The number of halogens is 2. The summed E-state index contributed by atoms with van der Waals surface area (Å²) in [4.78, 5) is 2.33. The smallest absolute Gasteiger partial charge is 0.160 e. The standard InChI is InChI=1S/C19H20FNO2.ClH/c1-23-19-12-14(2-7-18(19)22)13-21-10-8-16(9-11-21)15-3-5-17(20)6-4-15;/h2-8,12,22H,9-11,13H2,1H3;1H. The van der Waals surface area contributed by atoms with Gasteiger partial charge in [0.05, 0.1) is 7.11 Å². The molecule has 2 aromatic rings. The molecule has 0 spiro atoms. The number of phenolic OH excluding ortho intramolecular Hbond substituents is 1. The zero-order chi connectivity index (χ0) is 16.2. The minimum absolute atomic E-state index is 0. The fourth-order valence-electron chi connectivity index (χ4n) is 2.86. The monoisotopic (exact) mass is 349 g/mol. The Hall–Kier alpha value is -2.04. The Morgan fingerprint density at radius 1 is 1.17 bits per heavy atom. The van der Waals surface area contributed by atoms with Crippen molar-refractivity contribution in [2.45, 2.75) is 13.0 Å². The Kier molecular flexibility index (Phi) is 6.23. The van der Waals surface area contributed by atoms with Gasteiger partial charge >= 0.3 is 0 Å². The number of ether oxygens (including phenoxy) is 1. The molecule has 0 unspecified atom stereocenters. The van der Waals surface area contributed by atoms with Crippen LogP contribution >= 0.6 is 12.4 Å². The van der Waals surface area contributed by atoms with E-state index in [1.807, 2.05) is 24.3 Å². The van der Waals surface area contributed by atoms with Gasteiger partial charge in [-0.25, -0.2) is 4.39 Å². The summed E-state index contributed by atoms with van der Waals surface area (Å²) in [6.45, 7) is 2.62. The number of benzene rings is 2. The van der Waals surface area contributed by atoms with Crippen LogP contribution in [0.5, 0.6) is 11.5 Å². The second kappa shape index (κ2) is 8.18. The number of phenols is 1. The molecule has 24 heavy (non-hydrogen) atoms. The van der Waals surface area contributed by atoms with Gasteiger partial charge in [0.15, 0.2) is 11.5 Å². The molecule has 0 amide bonds. The lowest BCUT2D eigenvalue weighted by Gasteiger charge is -2.26. The van der Waals surface area contributed by atoms with Gasteiger partial charge in [0.2, 0.25) is 0 Å². The van der Waals surface area contributed by atoms with E-state index in [4.69, 9.17) is 4.74 Å². The molecule has 0 radical (unpaired) electrons. The Balaban J connectivity index is 0.00000208. The van der Waals surface area contributed by atoms with Crippen molar-refractivity contribution in [3.63, 3.8) is 0 Å². The van der Waals surface area contributed by atoms with E-state index >= 15 is 0 Å². The molecule has 0 aliphatic carbocycles. The van der Waals surface area contributed by atoms with E-state index in [0.717, 1.165) is 37.2 Å². The molecule has 0 bridgehead atoms. The fraction of sp³-hybridized carbons (Fsp3) is 0.263. The number of aromatic hydroxyl groups is 1. The van der Waals surface area contributed by atoms with Crippen LogP contribution in [0.4, 0.5) is 4.39 Å². The number of hydrogen-bond donors (Lipinski definition) is 1. The first-order valence-corrected chi connectivity index (χ1v) is 7.69. The van der Waals surface area contributed by atoms with Gasteiger partial charge in [0, 0.05) is 19.6 Å². The number of methoxy groups -OCH3 is 1. The number of nitrogens with zero attached hydrogens (tertiary/aromatic N) is 1. The van der Waals surface area contributed by atoms with Gasteiger partial charge < -0.3 is 9.84 Å². The van der Waals surface area contributed by atoms with Crippen LogP contribution in [0.2, 0.25) is 0 Å². The third kappa shape index (κ3) is 4.28. The lowest BCUT2D eigenvalue weighted by atomic mass is 9.99. The summed E-state index contributed by atoms with van der Waals surface area (Å²) in [6, 6.07) is 12.1. The van der Waals surface area contributed by atoms with Crippen LogP contribution in [0.25, 0.3) is 5.57 Å². The van der Waals surface area contributed by atoms with Crippen molar-refractivity contribution in [3.05, 3.63) is 65.5 Å². The topological polar surface area (TPSA) is 32.7 Å². The summed E-state index contributed by atoms with van der Waals surface area (Å²) in [5.74, 6) is 0.462. The fourth-order valence-corrected chi connectivity index (χ4v) is 2.86. The maximum atomic E-state index is 13.0. The molecule has 0 saturated carbocycles. The minimum atomic E-state index is -0.201. The summed E-state index contributed by atoms with van der Waals surface area (Å²) in [6.07, 6.45) is 3.15. The third-order valence-corrected chi connectivity index (χ3v) is 4.16. The second-order valence-corrected chi connectivity index (χ2v) is 5.73. The lowest BCUT2D eigenvalue weighted by Crippen LogP contribution is -2.28. The Bertz CT molecular complexity index is 716. The molecule has 0 atom stereocenters. The van der Waals surface area contributed by atoms with Crippen LogP contribution < -0.4 is 4.74 Å². The van der Waals surface area contributed by atoms with Crippen LogP contribution in [0.15, 0.2) is 48.5 Å². The average Bonchev–Trinajstić information content (AvgIpc) is 2.58. The van der Waals surface area contributed by atoms with Crippen LogP contribution in [-0.4, -0.2) is 30.2 Å². The zero-order valence-corrected chi connectivity index (χ0v) is 14.4. The van der Waals surface area contributed by atoms with Gasteiger partial charge in [-0.3, -0.25) is 4.90 Å². The number of rotatable bonds is 4. The van der Waals surface area contributed by atoms with Crippen molar-refractivity contribution in [2.75, 3.05) is 20.2 Å². The summed E-state index contributed by atoms with van der Waals surface area (Å²) in [5.41, 5.74) is 3.47. The normalized spacial score (nSPS) is 14.7. The van der Waals surface area contributed by atoms with Crippen molar-refractivity contribution in [1.29, 1.82) is 0 Å². The quantitative estimate of drug-likeness (QED) is 0.895. The molecule has 2 aromatic carbocycles. The molecular formula is C19H21ClFNO2. The molecule has 3 nitrogen and oxygen atoms in total. The van der Waals surface area contributed by atoms with Gasteiger partial charge in [0.1, 0.15) is 5.82 Å². The predicted octanol–water partition coefficient (Wildman–Crippen LogP) is 4.25. The highest BCUT2D eigenvalue weighted by Gasteiger charge is 2.14. The van der Waals surface area contributed by atoms with Gasteiger partial charge in [-0.05, 0) is 47.4 Å². The molecule has 1 heterocycles. The van der Waals surface area contributed by atoms with Crippen LogP contribution in [0.1, 0.15) is 17.5 Å². The summed E-state index contributed by atoms with van der Waals surface area (Å²) in [7, 11) is 1.55. The van der Waals surface area contributed by atoms with Crippen molar-refractivity contribution in [2.24, 2.45) is 0 Å². The Morgan fingerprint density at radius 3 is 2.54 bits per heavy atom. The maximum Gasteiger partial charge on any atom is 0.160 e. The van der Waals surface area contributed by atoms with Crippen LogP contribution in [-0.2, 0) is 6.54 Å². The number of hydrogen-bond acceptors (Lipinski definition) is 3. The summed E-state index contributed by atoms with van der Waals surface area (Å²) in [5, 5.41) is 9.65. The zero-order valence-electron chi connectivity index (χ0n) is 13.5. The Morgan fingerprint density at radius 2 is 1.92 bits per heavy atom. The average molecular weight is 350 g/mol. The maximum absolute atomic E-state index is 13.0. The van der Waals surface area contributed by atoms with E-state index in [-0.39, 0.29) is 24.0 Å². The van der Waals surface area contributed by atoms with Gasteiger partial charge in [-0.15, -0.1) is 12.4 Å². The van der Waals surface area contributed by atoms with E-state index < -0.39 is 0 Å². The third-order valence-electron chi connectivity index (χ3n) is 4.16. The molecular weight excluding hydrogens is 329 g/mol.